The summed E-state index contributed by atoms with van der Waals surface area (Å²) in [5.74, 6) is -1.88. The second-order valence-corrected chi connectivity index (χ2v) is 5.55. The molecule has 1 aromatic carbocycles. The second kappa shape index (κ2) is 4.79. The van der Waals surface area contributed by atoms with Crippen molar-refractivity contribution >= 4 is 15.7 Å². The molecular weight excluding hydrogens is 264 g/mol. The Labute approximate surface area is 104 Å². The zero-order valence-corrected chi connectivity index (χ0v) is 10.3. The van der Waals surface area contributed by atoms with Crippen molar-refractivity contribution in [1.29, 1.82) is 0 Å². The van der Waals surface area contributed by atoms with Gasteiger partial charge in [-0.25, -0.2) is 22.3 Å². The van der Waals surface area contributed by atoms with Crippen LogP contribution in [0.4, 0.5) is 14.5 Å². The van der Waals surface area contributed by atoms with Crippen molar-refractivity contribution in [2.45, 2.75) is 4.90 Å². The molecule has 1 heterocycles. The highest BCUT2D eigenvalue weighted by Gasteiger charge is 2.25. The molecule has 0 aromatic heterocycles. The molecular formula is C10H13F2N3O2S. The molecule has 18 heavy (non-hydrogen) atoms. The number of rotatable bonds is 2. The van der Waals surface area contributed by atoms with Crippen LogP contribution in [0, 0.1) is 11.6 Å². The van der Waals surface area contributed by atoms with Crippen LogP contribution in [-0.4, -0.2) is 34.6 Å². The fourth-order valence-electron chi connectivity index (χ4n) is 1.95. The minimum atomic E-state index is -4.17. The van der Waals surface area contributed by atoms with E-state index in [0.717, 1.165) is 6.07 Å². The summed E-state index contributed by atoms with van der Waals surface area (Å²) in [6.07, 6.45) is 0. The van der Waals surface area contributed by atoms with E-state index in [9.17, 15) is 17.2 Å². The molecule has 1 saturated heterocycles. The number of nitrogens with one attached hydrogen (secondary N) is 1. The number of anilines is 1. The summed E-state index contributed by atoms with van der Waals surface area (Å²) >= 11 is 0. The number of nitrogens with two attached hydrogens (primary N) is 1. The van der Waals surface area contributed by atoms with Gasteiger partial charge < -0.3 is 10.2 Å². The van der Waals surface area contributed by atoms with Gasteiger partial charge in [-0.15, -0.1) is 0 Å². The lowest BCUT2D eigenvalue weighted by atomic mass is 10.2. The molecule has 100 valence electrons. The van der Waals surface area contributed by atoms with Crippen molar-refractivity contribution < 1.29 is 17.2 Å². The molecule has 1 aliphatic rings. The Balaban J connectivity index is 2.57. The van der Waals surface area contributed by atoms with Crippen molar-refractivity contribution in [1.82, 2.24) is 5.32 Å². The molecule has 1 aliphatic heterocycles. The average Bonchev–Trinajstić information content (AvgIpc) is 2.28. The topological polar surface area (TPSA) is 75.4 Å². The molecule has 1 fully saturated rings. The normalized spacial score (nSPS) is 16.9. The quantitative estimate of drug-likeness (QED) is 0.799. The van der Waals surface area contributed by atoms with E-state index in [1.165, 1.54) is 0 Å². The van der Waals surface area contributed by atoms with Crippen LogP contribution in [0.25, 0.3) is 0 Å². The number of primary sulfonamides is 1. The molecule has 2 rings (SSSR count). The molecule has 5 nitrogen and oxygen atoms in total. The predicted molar refractivity (Wildman–Crippen MR) is 62.8 cm³/mol. The van der Waals surface area contributed by atoms with Crippen LogP contribution in [0.5, 0.6) is 0 Å². The zero-order chi connectivity index (χ0) is 13.3. The molecule has 0 atom stereocenters. The van der Waals surface area contributed by atoms with Gasteiger partial charge >= 0.3 is 0 Å². The fourth-order valence-corrected chi connectivity index (χ4v) is 2.73. The Morgan fingerprint density at radius 1 is 1.22 bits per heavy atom. The number of halogens is 2. The Morgan fingerprint density at radius 2 is 1.83 bits per heavy atom. The highest BCUT2D eigenvalue weighted by Crippen LogP contribution is 2.29. The highest BCUT2D eigenvalue weighted by molar-refractivity contribution is 7.89. The van der Waals surface area contributed by atoms with Crippen LogP contribution in [0.2, 0.25) is 0 Å². The first-order chi connectivity index (χ1) is 8.39. The first kappa shape index (κ1) is 13.2. The van der Waals surface area contributed by atoms with Crippen LogP contribution < -0.4 is 15.4 Å². The maximum Gasteiger partial charge on any atom is 0.240 e. The standard InChI is InChI=1S/C10H13F2N3O2S/c11-7-5-8(12)10(9(6-7)18(13,16)17)15-3-1-14-2-4-15/h5-6,14H,1-4H2,(H2,13,16,17). The van der Waals surface area contributed by atoms with E-state index >= 15 is 0 Å². The van der Waals surface area contributed by atoms with E-state index in [1.54, 1.807) is 4.90 Å². The first-order valence-electron chi connectivity index (χ1n) is 5.37. The van der Waals surface area contributed by atoms with Crippen LogP contribution in [-0.2, 0) is 10.0 Å². The minimum absolute atomic E-state index is 0.152. The summed E-state index contributed by atoms with van der Waals surface area (Å²) in [6, 6.07) is 1.40. The van der Waals surface area contributed by atoms with Gasteiger partial charge in [0.15, 0.2) is 5.82 Å². The molecule has 8 heteroatoms. The lowest BCUT2D eigenvalue weighted by Crippen LogP contribution is -2.44. The summed E-state index contributed by atoms with van der Waals surface area (Å²) in [7, 11) is -4.17. The summed E-state index contributed by atoms with van der Waals surface area (Å²) in [5, 5.41) is 8.05. The Hall–Kier alpha value is -1.25. The van der Waals surface area contributed by atoms with Crippen LogP contribution in [0.3, 0.4) is 0 Å². The third-order valence-electron chi connectivity index (χ3n) is 2.73. The summed E-state index contributed by atoms with van der Waals surface area (Å²) < 4.78 is 49.7. The number of nitrogens with zero attached hydrogens (tertiary/aromatic N) is 1. The zero-order valence-electron chi connectivity index (χ0n) is 9.49. The van der Waals surface area contributed by atoms with Gasteiger partial charge in [0.05, 0.1) is 5.69 Å². The molecule has 0 spiro atoms. The highest BCUT2D eigenvalue weighted by atomic mass is 32.2. The Kier molecular flexibility index (Phi) is 3.51. The van der Waals surface area contributed by atoms with Gasteiger partial charge in [-0.1, -0.05) is 0 Å². The van der Waals surface area contributed by atoms with Gasteiger partial charge in [0.2, 0.25) is 10.0 Å². The van der Waals surface area contributed by atoms with Crippen LogP contribution >= 0.6 is 0 Å². The van der Waals surface area contributed by atoms with E-state index in [0.29, 0.717) is 32.2 Å². The van der Waals surface area contributed by atoms with Gasteiger partial charge in [0.1, 0.15) is 10.7 Å². The number of benzene rings is 1. The molecule has 1 aromatic rings. The van der Waals surface area contributed by atoms with Gasteiger partial charge in [-0.2, -0.15) is 0 Å². The number of piperazine rings is 1. The third kappa shape index (κ3) is 2.60. The molecule has 0 bridgehead atoms. The van der Waals surface area contributed by atoms with E-state index in [4.69, 9.17) is 5.14 Å². The van der Waals surface area contributed by atoms with E-state index in [2.05, 4.69) is 5.32 Å². The molecule has 0 aliphatic carbocycles. The molecule has 0 amide bonds. The largest absolute Gasteiger partial charge is 0.366 e. The summed E-state index contributed by atoms with van der Waals surface area (Å²) in [5.41, 5.74) is -0.152. The number of hydrogen-bond donors (Lipinski definition) is 2. The average molecular weight is 277 g/mol. The smallest absolute Gasteiger partial charge is 0.240 e. The second-order valence-electron chi connectivity index (χ2n) is 4.02. The maximum atomic E-state index is 13.8. The van der Waals surface area contributed by atoms with Gasteiger partial charge in [0.25, 0.3) is 0 Å². The summed E-state index contributed by atoms with van der Waals surface area (Å²) in [4.78, 5) is 1.03. The van der Waals surface area contributed by atoms with E-state index in [-0.39, 0.29) is 5.69 Å². The van der Waals surface area contributed by atoms with Crippen molar-refractivity contribution in [3.05, 3.63) is 23.8 Å². The van der Waals surface area contributed by atoms with Gasteiger partial charge in [0, 0.05) is 32.2 Å². The first-order valence-corrected chi connectivity index (χ1v) is 6.92. The number of sulfonamides is 1. The van der Waals surface area contributed by atoms with Crippen LogP contribution in [0.15, 0.2) is 17.0 Å². The minimum Gasteiger partial charge on any atom is -0.366 e. The lowest BCUT2D eigenvalue weighted by molar-refractivity contribution is 0.542. The molecule has 0 saturated carbocycles. The summed E-state index contributed by atoms with van der Waals surface area (Å²) in [6.45, 7) is 2.07. The van der Waals surface area contributed by atoms with E-state index < -0.39 is 26.6 Å². The van der Waals surface area contributed by atoms with E-state index in [1.807, 2.05) is 0 Å². The SMILES string of the molecule is NS(=O)(=O)c1cc(F)cc(F)c1N1CCNCC1. The molecule has 3 N–H and O–H groups in total. The van der Waals surface area contributed by atoms with Gasteiger partial charge in [-0.3, -0.25) is 0 Å². The van der Waals surface area contributed by atoms with Crippen molar-refractivity contribution in [2.75, 3.05) is 31.1 Å². The Bertz CT molecular complexity index is 556. The molecule has 0 unspecified atom stereocenters. The van der Waals surface area contributed by atoms with Gasteiger partial charge in [-0.05, 0) is 6.07 Å². The lowest BCUT2D eigenvalue weighted by Gasteiger charge is -2.30. The molecule has 0 radical (unpaired) electrons. The predicted octanol–water partition coefficient (Wildman–Crippen LogP) is 0.0218. The monoisotopic (exact) mass is 277 g/mol. The number of hydrogen-bond acceptors (Lipinski definition) is 4. The third-order valence-corrected chi connectivity index (χ3v) is 3.66. The van der Waals surface area contributed by atoms with Crippen LogP contribution in [0.1, 0.15) is 0 Å². The Morgan fingerprint density at radius 3 is 2.39 bits per heavy atom. The van der Waals surface area contributed by atoms with Crippen molar-refractivity contribution in [3.63, 3.8) is 0 Å². The maximum absolute atomic E-state index is 13.8. The van der Waals surface area contributed by atoms with Crippen molar-refractivity contribution in [2.24, 2.45) is 5.14 Å². The van der Waals surface area contributed by atoms with Crippen molar-refractivity contribution in [3.8, 4) is 0 Å². The fraction of sp³-hybridized carbons (Fsp3) is 0.400.